The molecule has 4 heteroatoms. The number of quaternary nitrogens is 1. The molecule has 1 fully saturated rings. The fourth-order valence-electron chi connectivity index (χ4n) is 4.07. The summed E-state index contributed by atoms with van der Waals surface area (Å²) in [5.41, 5.74) is 0. The second-order valence-electron chi connectivity index (χ2n) is 9.14. The Morgan fingerprint density at radius 2 is 1.36 bits per heavy atom. The van der Waals surface area contributed by atoms with Crippen LogP contribution in [0.4, 0.5) is 0 Å². The van der Waals surface area contributed by atoms with E-state index in [1.165, 1.54) is 94.7 Å². The van der Waals surface area contributed by atoms with Crippen molar-refractivity contribution >= 4 is 5.97 Å². The van der Waals surface area contributed by atoms with E-state index in [2.05, 4.69) is 25.8 Å². The van der Waals surface area contributed by atoms with Gasteiger partial charge < -0.3 is 9.22 Å². The maximum atomic E-state index is 12.0. The molecular formula is C24H49N2O2+. The van der Waals surface area contributed by atoms with Gasteiger partial charge in [-0.25, -0.2) is 0 Å². The molecule has 0 aromatic carbocycles. The van der Waals surface area contributed by atoms with Crippen molar-refractivity contribution < 1.29 is 14.0 Å². The summed E-state index contributed by atoms with van der Waals surface area (Å²) in [5.74, 6) is -0.00951. The van der Waals surface area contributed by atoms with Gasteiger partial charge in [0.1, 0.15) is 0 Å². The van der Waals surface area contributed by atoms with Crippen LogP contribution in [0.2, 0.25) is 0 Å². The fourth-order valence-corrected chi connectivity index (χ4v) is 4.07. The summed E-state index contributed by atoms with van der Waals surface area (Å²) in [6, 6.07) is 0. The number of nitrogens with zero attached hydrogens (tertiary/aromatic N) is 2. The number of piperazine rings is 1. The lowest BCUT2D eigenvalue weighted by Crippen LogP contribution is -2.57. The van der Waals surface area contributed by atoms with Crippen LogP contribution < -0.4 is 0 Å². The number of likely N-dealkylation sites (N-methyl/N-ethyl adjacent to an activating group) is 1. The molecule has 1 aliphatic heterocycles. The van der Waals surface area contributed by atoms with E-state index in [0.717, 1.165) is 26.1 Å². The van der Waals surface area contributed by atoms with E-state index in [-0.39, 0.29) is 5.97 Å². The van der Waals surface area contributed by atoms with Gasteiger partial charge in [0, 0.05) is 19.6 Å². The lowest BCUT2D eigenvalue weighted by atomic mass is 10.1. The molecule has 0 atom stereocenters. The van der Waals surface area contributed by atoms with E-state index >= 15 is 0 Å². The molecule has 166 valence electrons. The molecule has 28 heavy (non-hydrogen) atoms. The van der Waals surface area contributed by atoms with Crippen molar-refractivity contribution in [3.63, 3.8) is 0 Å². The van der Waals surface area contributed by atoms with Crippen LogP contribution in [0, 0.1) is 0 Å². The van der Waals surface area contributed by atoms with E-state index in [4.69, 9.17) is 4.74 Å². The Morgan fingerprint density at radius 3 is 1.93 bits per heavy atom. The van der Waals surface area contributed by atoms with Crippen molar-refractivity contribution in [2.24, 2.45) is 0 Å². The van der Waals surface area contributed by atoms with Gasteiger partial charge in [0.25, 0.3) is 0 Å². The Balaban J connectivity index is 1.91. The topological polar surface area (TPSA) is 29.5 Å². The number of esters is 1. The Labute approximate surface area is 175 Å². The highest BCUT2D eigenvalue weighted by atomic mass is 16.5. The molecule has 0 unspecified atom stereocenters. The summed E-state index contributed by atoms with van der Waals surface area (Å²) in [5, 5.41) is 0. The second kappa shape index (κ2) is 16.2. The third-order valence-corrected chi connectivity index (χ3v) is 6.36. The third-order valence-electron chi connectivity index (χ3n) is 6.36. The summed E-state index contributed by atoms with van der Waals surface area (Å²) < 4.78 is 6.63. The van der Waals surface area contributed by atoms with Crippen molar-refractivity contribution in [2.75, 3.05) is 52.9 Å². The fraction of sp³-hybridized carbons (Fsp3) is 0.958. The molecule has 0 bridgehead atoms. The predicted molar refractivity (Wildman–Crippen MR) is 120 cm³/mol. The molecule has 4 nitrogen and oxygen atoms in total. The number of rotatable bonds is 17. The van der Waals surface area contributed by atoms with Crippen LogP contribution in [0.1, 0.15) is 97.3 Å². The lowest BCUT2D eigenvalue weighted by Gasteiger charge is -2.42. The summed E-state index contributed by atoms with van der Waals surface area (Å²) in [4.78, 5) is 14.4. The molecule has 0 N–H and O–H groups in total. The third kappa shape index (κ3) is 12.8. The molecule has 0 saturated carbocycles. The minimum atomic E-state index is -0.00951. The summed E-state index contributed by atoms with van der Waals surface area (Å²) in [6.45, 7) is 12.0. The number of unbranched alkanes of at least 4 members (excludes halogenated alkanes) is 10. The minimum Gasteiger partial charge on any atom is -0.466 e. The number of ether oxygens (including phenoxy) is 1. The van der Waals surface area contributed by atoms with Gasteiger partial charge in [-0.15, -0.1) is 0 Å². The number of hydrogen-bond donors (Lipinski definition) is 0. The first-order valence-electron chi connectivity index (χ1n) is 12.3. The number of hydrogen-bond acceptors (Lipinski definition) is 3. The van der Waals surface area contributed by atoms with Crippen LogP contribution >= 0.6 is 0 Å². The quantitative estimate of drug-likeness (QED) is 0.187. The molecule has 0 aromatic heterocycles. The van der Waals surface area contributed by atoms with Gasteiger partial charge in [0.2, 0.25) is 0 Å². The summed E-state index contributed by atoms with van der Waals surface area (Å²) in [7, 11) is 2.38. The van der Waals surface area contributed by atoms with Gasteiger partial charge in [-0.1, -0.05) is 78.1 Å². The summed E-state index contributed by atoms with van der Waals surface area (Å²) in [6.07, 6.45) is 16.3. The van der Waals surface area contributed by atoms with Gasteiger partial charge >= 0.3 is 5.97 Å². The van der Waals surface area contributed by atoms with E-state index in [0.29, 0.717) is 13.0 Å². The lowest BCUT2D eigenvalue weighted by molar-refractivity contribution is -0.913. The maximum Gasteiger partial charge on any atom is 0.307 e. The molecular weight excluding hydrogens is 348 g/mol. The van der Waals surface area contributed by atoms with Crippen LogP contribution in [0.3, 0.4) is 0 Å². The van der Waals surface area contributed by atoms with E-state index in [1.807, 2.05) is 0 Å². The summed E-state index contributed by atoms with van der Waals surface area (Å²) >= 11 is 0. The standard InChI is InChI=1S/C24H49N2O2/c1-4-6-8-9-10-11-12-13-14-15-23-28-24(27)16-17-25-18-21-26(3,22-19-25)20-7-5-2/h4-23H2,1-3H3/q+1. The molecule has 0 spiro atoms. The molecule has 0 aliphatic carbocycles. The average Bonchev–Trinajstić information content (AvgIpc) is 2.70. The monoisotopic (exact) mass is 397 g/mol. The van der Waals surface area contributed by atoms with Gasteiger partial charge in [-0.3, -0.25) is 9.69 Å². The van der Waals surface area contributed by atoms with Crippen LogP contribution in [0.5, 0.6) is 0 Å². The SMILES string of the molecule is CCCCCCCCCCCCOC(=O)CCN1CC[N+](C)(CCCC)CC1. The van der Waals surface area contributed by atoms with E-state index < -0.39 is 0 Å². The van der Waals surface area contributed by atoms with Gasteiger partial charge in [-0.05, 0) is 12.8 Å². The molecule has 1 saturated heterocycles. The first-order chi connectivity index (χ1) is 13.6. The largest absolute Gasteiger partial charge is 0.466 e. The van der Waals surface area contributed by atoms with Crippen molar-refractivity contribution in [1.82, 2.24) is 4.90 Å². The van der Waals surface area contributed by atoms with Gasteiger partial charge in [-0.2, -0.15) is 0 Å². The maximum absolute atomic E-state index is 12.0. The van der Waals surface area contributed by atoms with Crippen LogP contribution in [-0.4, -0.2) is 68.3 Å². The van der Waals surface area contributed by atoms with Crippen LogP contribution in [0.25, 0.3) is 0 Å². The highest BCUT2D eigenvalue weighted by Crippen LogP contribution is 2.13. The second-order valence-corrected chi connectivity index (χ2v) is 9.14. The minimum absolute atomic E-state index is 0.00951. The van der Waals surface area contributed by atoms with Crippen molar-refractivity contribution in [1.29, 1.82) is 0 Å². The molecule has 1 heterocycles. The van der Waals surface area contributed by atoms with Gasteiger partial charge in [0.15, 0.2) is 0 Å². The zero-order chi connectivity index (χ0) is 20.5. The average molecular weight is 398 g/mol. The Morgan fingerprint density at radius 1 is 0.821 bits per heavy atom. The van der Waals surface area contributed by atoms with Crippen molar-refractivity contribution in [3.05, 3.63) is 0 Å². The molecule has 0 radical (unpaired) electrons. The predicted octanol–water partition coefficient (Wildman–Crippen LogP) is 5.40. The zero-order valence-corrected chi connectivity index (χ0v) is 19.4. The molecule has 1 aliphatic rings. The molecule has 0 amide bonds. The first-order valence-corrected chi connectivity index (χ1v) is 12.3. The highest BCUT2D eigenvalue weighted by molar-refractivity contribution is 5.69. The Hall–Kier alpha value is -0.610. The smallest absolute Gasteiger partial charge is 0.307 e. The number of carbonyl (C=O) groups is 1. The van der Waals surface area contributed by atoms with Crippen LogP contribution in [-0.2, 0) is 9.53 Å². The Bertz CT molecular complexity index is 379. The van der Waals surface area contributed by atoms with E-state index in [1.54, 1.807) is 0 Å². The number of carbonyl (C=O) groups excluding carboxylic acids is 1. The molecule has 1 rings (SSSR count). The van der Waals surface area contributed by atoms with Crippen molar-refractivity contribution in [3.8, 4) is 0 Å². The van der Waals surface area contributed by atoms with E-state index in [9.17, 15) is 4.79 Å². The normalized spacial score (nSPS) is 17.0. The Kier molecular flexibility index (Phi) is 14.7. The first kappa shape index (κ1) is 25.4. The van der Waals surface area contributed by atoms with Gasteiger partial charge in [0.05, 0.1) is 39.7 Å². The zero-order valence-electron chi connectivity index (χ0n) is 19.4. The highest BCUT2D eigenvalue weighted by Gasteiger charge is 2.27. The van der Waals surface area contributed by atoms with Crippen molar-refractivity contribution in [2.45, 2.75) is 97.3 Å². The molecule has 0 aromatic rings. The van der Waals surface area contributed by atoms with Crippen LogP contribution in [0.15, 0.2) is 0 Å².